The molecule has 0 bridgehead atoms. The minimum absolute atomic E-state index is 0.221. The number of aromatic hydroxyl groups is 1. The number of rotatable bonds is 2. The highest BCUT2D eigenvalue weighted by Gasteiger charge is 2.21. The van der Waals surface area contributed by atoms with Gasteiger partial charge in [0.15, 0.2) is 0 Å². The van der Waals surface area contributed by atoms with Crippen LogP contribution < -0.4 is 0 Å². The van der Waals surface area contributed by atoms with Crippen molar-refractivity contribution in [2.24, 2.45) is 5.92 Å². The Morgan fingerprint density at radius 2 is 2.17 bits per heavy atom. The fourth-order valence-electron chi connectivity index (χ4n) is 2.47. The Labute approximate surface area is 106 Å². The average molecular weight is 244 g/mol. The van der Waals surface area contributed by atoms with Crippen LogP contribution in [0.25, 0.3) is 11.3 Å². The summed E-state index contributed by atoms with van der Waals surface area (Å²) in [5.74, 6) is 1.57. The van der Waals surface area contributed by atoms with E-state index < -0.39 is 0 Å². The number of phenols is 1. The topological polar surface area (TPSA) is 58.3 Å². The molecule has 0 spiro atoms. The molecule has 94 valence electrons. The van der Waals surface area contributed by atoms with E-state index >= 15 is 0 Å². The molecule has 1 atom stereocenters. The summed E-state index contributed by atoms with van der Waals surface area (Å²) in [6.45, 7) is 1.11. The summed E-state index contributed by atoms with van der Waals surface area (Å²) in [6, 6.07) is 7.23. The van der Waals surface area contributed by atoms with E-state index in [-0.39, 0.29) is 12.4 Å². The van der Waals surface area contributed by atoms with Crippen LogP contribution in [-0.2, 0) is 13.0 Å². The molecular weight excluding hydrogens is 228 g/mol. The van der Waals surface area contributed by atoms with Crippen molar-refractivity contribution >= 4 is 0 Å². The van der Waals surface area contributed by atoms with Crippen molar-refractivity contribution < 1.29 is 10.2 Å². The molecule has 0 saturated carbocycles. The molecule has 2 heterocycles. The number of fused-ring (bicyclic) bond motifs is 1. The molecule has 1 aliphatic heterocycles. The molecule has 1 unspecified atom stereocenters. The van der Waals surface area contributed by atoms with Crippen LogP contribution in [-0.4, -0.2) is 26.4 Å². The third kappa shape index (κ3) is 1.88. The van der Waals surface area contributed by atoms with Gasteiger partial charge < -0.3 is 14.8 Å². The molecule has 0 fully saturated rings. The summed E-state index contributed by atoms with van der Waals surface area (Å²) < 4.78 is 2.12. The number of para-hydroxylation sites is 1. The van der Waals surface area contributed by atoms with Crippen LogP contribution in [0.15, 0.2) is 30.5 Å². The zero-order valence-corrected chi connectivity index (χ0v) is 10.1. The molecule has 0 saturated heterocycles. The van der Waals surface area contributed by atoms with Crippen molar-refractivity contribution in [2.45, 2.75) is 19.4 Å². The smallest absolute Gasteiger partial charge is 0.125 e. The lowest BCUT2D eigenvalue weighted by Gasteiger charge is -2.20. The number of hydrogen-bond donors (Lipinski definition) is 2. The van der Waals surface area contributed by atoms with E-state index in [0.717, 1.165) is 36.5 Å². The first-order chi connectivity index (χ1) is 8.78. The second kappa shape index (κ2) is 4.46. The predicted molar refractivity (Wildman–Crippen MR) is 68.2 cm³/mol. The van der Waals surface area contributed by atoms with E-state index in [2.05, 4.69) is 9.55 Å². The second-order valence-corrected chi connectivity index (χ2v) is 4.79. The summed E-state index contributed by atoms with van der Waals surface area (Å²) in [4.78, 5) is 4.57. The number of aliphatic hydroxyl groups is 1. The highest BCUT2D eigenvalue weighted by molar-refractivity contribution is 5.66. The van der Waals surface area contributed by atoms with Crippen LogP contribution in [0.1, 0.15) is 12.2 Å². The quantitative estimate of drug-likeness (QED) is 0.847. The molecular formula is C14H16N2O2. The van der Waals surface area contributed by atoms with Gasteiger partial charge in [0.25, 0.3) is 0 Å². The Bertz CT molecular complexity index is 563. The van der Waals surface area contributed by atoms with Gasteiger partial charge in [-0.2, -0.15) is 0 Å². The van der Waals surface area contributed by atoms with Crippen molar-refractivity contribution in [3.05, 3.63) is 36.3 Å². The minimum Gasteiger partial charge on any atom is -0.507 e. The molecule has 4 heteroatoms. The van der Waals surface area contributed by atoms with Crippen molar-refractivity contribution in [3.63, 3.8) is 0 Å². The Kier molecular flexibility index (Phi) is 2.80. The molecule has 0 radical (unpaired) electrons. The summed E-state index contributed by atoms with van der Waals surface area (Å²) in [5, 5.41) is 19.0. The lowest BCUT2D eigenvalue weighted by molar-refractivity contribution is 0.199. The molecule has 2 aromatic rings. The fraction of sp³-hybridized carbons (Fsp3) is 0.357. The van der Waals surface area contributed by atoms with Crippen LogP contribution in [0.5, 0.6) is 5.75 Å². The van der Waals surface area contributed by atoms with Crippen molar-refractivity contribution in [2.75, 3.05) is 6.61 Å². The van der Waals surface area contributed by atoms with Gasteiger partial charge in [-0.05, 0) is 24.5 Å². The van der Waals surface area contributed by atoms with Crippen LogP contribution in [0.3, 0.4) is 0 Å². The van der Waals surface area contributed by atoms with Crippen LogP contribution in [0.2, 0.25) is 0 Å². The van der Waals surface area contributed by atoms with Gasteiger partial charge in [-0.1, -0.05) is 12.1 Å². The Balaban J connectivity index is 1.97. The normalized spacial score (nSPS) is 18.6. The molecule has 0 amide bonds. The zero-order chi connectivity index (χ0) is 12.5. The van der Waals surface area contributed by atoms with Gasteiger partial charge in [-0.3, -0.25) is 0 Å². The maximum atomic E-state index is 9.83. The molecule has 0 aliphatic carbocycles. The summed E-state index contributed by atoms with van der Waals surface area (Å²) in [6.07, 6.45) is 3.78. The standard InChI is InChI=1S/C14H16N2O2/c17-9-10-5-6-16-8-12(15-14(16)7-10)11-3-1-2-4-13(11)18/h1-4,8,10,17-18H,5-7,9H2. The van der Waals surface area contributed by atoms with Gasteiger partial charge in [0.05, 0.1) is 5.69 Å². The molecule has 18 heavy (non-hydrogen) atoms. The number of aromatic nitrogens is 2. The third-order valence-electron chi connectivity index (χ3n) is 3.55. The Morgan fingerprint density at radius 3 is 2.94 bits per heavy atom. The summed E-state index contributed by atoms with van der Waals surface area (Å²) in [7, 11) is 0. The first-order valence-corrected chi connectivity index (χ1v) is 6.23. The van der Waals surface area contributed by atoms with Gasteiger partial charge >= 0.3 is 0 Å². The fourth-order valence-corrected chi connectivity index (χ4v) is 2.47. The lowest BCUT2D eigenvalue weighted by Crippen LogP contribution is -2.21. The largest absolute Gasteiger partial charge is 0.507 e. The van der Waals surface area contributed by atoms with E-state index in [1.165, 1.54) is 0 Å². The van der Waals surface area contributed by atoms with Crippen LogP contribution in [0.4, 0.5) is 0 Å². The number of nitrogens with zero attached hydrogens (tertiary/aromatic N) is 2. The molecule has 1 aromatic carbocycles. The number of hydrogen-bond acceptors (Lipinski definition) is 3. The lowest BCUT2D eigenvalue weighted by atomic mass is 9.99. The van der Waals surface area contributed by atoms with Gasteiger partial charge in [-0.15, -0.1) is 0 Å². The Hall–Kier alpha value is -1.81. The monoisotopic (exact) mass is 244 g/mol. The number of imidazole rings is 1. The number of aryl methyl sites for hydroxylation is 1. The maximum absolute atomic E-state index is 9.83. The maximum Gasteiger partial charge on any atom is 0.125 e. The highest BCUT2D eigenvalue weighted by atomic mass is 16.3. The molecule has 1 aromatic heterocycles. The van der Waals surface area contributed by atoms with E-state index in [1.807, 2.05) is 18.3 Å². The molecule has 2 N–H and O–H groups in total. The molecule has 3 rings (SSSR count). The van der Waals surface area contributed by atoms with Crippen molar-refractivity contribution in [1.82, 2.24) is 9.55 Å². The van der Waals surface area contributed by atoms with E-state index in [4.69, 9.17) is 0 Å². The Morgan fingerprint density at radius 1 is 1.33 bits per heavy atom. The predicted octanol–water partition coefficient (Wildman–Crippen LogP) is 1.81. The number of benzene rings is 1. The van der Waals surface area contributed by atoms with Gasteiger partial charge in [0.1, 0.15) is 11.6 Å². The zero-order valence-electron chi connectivity index (χ0n) is 10.1. The van der Waals surface area contributed by atoms with Crippen molar-refractivity contribution in [3.8, 4) is 17.0 Å². The van der Waals surface area contributed by atoms with E-state index in [1.54, 1.807) is 12.1 Å². The van der Waals surface area contributed by atoms with E-state index in [9.17, 15) is 10.2 Å². The van der Waals surface area contributed by atoms with E-state index in [0.29, 0.717) is 5.92 Å². The summed E-state index contributed by atoms with van der Waals surface area (Å²) in [5.41, 5.74) is 1.57. The highest BCUT2D eigenvalue weighted by Crippen LogP contribution is 2.30. The number of phenolic OH excluding ortho intramolecular Hbond substituents is 1. The number of aliphatic hydroxyl groups excluding tert-OH is 1. The van der Waals surface area contributed by atoms with Crippen molar-refractivity contribution in [1.29, 1.82) is 0 Å². The SMILES string of the molecule is OCC1CCn2cc(-c3ccccc3O)nc2C1. The molecule has 1 aliphatic rings. The van der Waals surface area contributed by atoms with Gasteiger partial charge in [0, 0.05) is 31.3 Å². The first kappa shape index (κ1) is 11.3. The minimum atomic E-state index is 0.221. The van der Waals surface area contributed by atoms with Crippen LogP contribution >= 0.6 is 0 Å². The summed E-state index contributed by atoms with van der Waals surface area (Å²) >= 11 is 0. The van der Waals surface area contributed by atoms with Gasteiger partial charge in [-0.25, -0.2) is 4.98 Å². The first-order valence-electron chi connectivity index (χ1n) is 6.23. The third-order valence-corrected chi connectivity index (χ3v) is 3.55. The van der Waals surface area contributed by atoms with Gasteiger partial charge in [0.2, 0.25) is 0 Å². The molecule has 4 nitrogen and oxygen atoms in total. The average Bonchev–Trinajstić information content (AvgIpc) is 2.81. The second-order valence-electron chi connectivity index (χ2n) is 4.79. The van der Waals surface area contributed by atoms with Crippen LogP contribution in [0, 0.1) is 5.92 Å².